The van der Waals surface area contributed by atoms with E-state index in [-0.39, 0.29) is 10.8 Å². The summed E-state index contributed by atoms with van der Waals surface area (Å²) in [5, 5.41) is 3.05. The van der Waals surface area contributed by atoms with Gasteiger partial charge in [0.05, 0.1) is 15.6 Å². The normalized spacial score (nSPS) is 12.4. The number of hydrogen-bond acceptors (Lipinski definition) is 4. The molecule has 0 aromatic heterocycles. The second-order valence-electron chi connectivity index (χ2n) is 7.77. The number of anilines is 1. The highest BCUT2D eigenvalue weighted by Crippen LogP contribution is 2.26. The van der Waals surface area contributed by atoms with Crippen LogP contribution in [0.4, 0.5) is 5.69 Å². The van der Waals surface area contributed by atoms with Crippen LogP contribution in [0.15, 0.2) is 23.1 Å². The van der Waals surface area contributed by atoms with Crippen molar-refractivity contribution in [1.82, 2.24) is 9.21 Å². The minimum absolute atomic E-state index is 0.0912. The lowest BCUT2D eigenvalue weighted by atomic mass is 10.1. The predicted octanol–water partition coefficient (Wildman–Crippen LogP) is 3.53. The lowest BCUT2D eigenvalue weighted by molar-refractivity contribution is -0.116. The van der Waals surface area contributed by atoms with Gasteiger partial charge in [0.2, 0.25) is 15.9 Å². The Balaban J connectivity index is 2.81. The van der Waals surface area contributed by atoms with E-state index in [0.717, 1.165) is 17.4 Å². The molecule has 0 atom stereocenters. The molecule has 0 aliphatic carbocycles. The molecule has 0 heterocycles. The van der Waals surface area contributed by atoms with E-state index >= 15 is 0 Å². The first-order valence-electron chi connectivity index (χ1n) is 9.17. The van der Waals surface area contributed by atoms with Crippen LogP contribution in [0.1, 0.15) is 34.1 Å². The van der Waals surface area contributed by atoms with Gasteiger partial charge in [-0.25, -0.2) is 12.7 Å². The standard InChI is InChI=1S/C19H32ClN3O3S/c1-14(2)12-23(13-15(3)4)10-9-19(24)21-18-11-16(7-8-17(18)20)27(25,26)22(5)6/h7-8,11,14-15H,9-10,12-13H2,1-6H3,(H,21,24). The van der Waals surface area contributed by atoms with Crippen molar-refractivity contribution in [3.05, 3.63) is 23.2 Å². The van der Waals surface area contributed by atoms with Crippen LogP contribution in [0.2, 0.25) is 5.02 Å². The Morgan fingerprint density at radius 3 is 2.15 bits per heavy atom. The number of benzene rings is 1. The number of hydrogen-bond donors (Lipinski definition) is 1. The Bertz CT molecular complexity index is 724. The van der Waals surface area contributed by atoms with E-state index in [4.69, 9.17) is 11.6 Å². The summed E-state index contributed by atoms with van der Waals surface area (Å²) in [7, 11) is -0.672. The summed E-state index contributed by atoms with van der Waals surface area (Å²) >= 11 is 6.14. The first kappa shape index (κ1) is 23.9. The van der Waals surface area contributed by atoms with Crippen LogP contribution in [0, 0.1) is 11.8 Å². The van der Waals surface area contributed by atoms with Crippen LogP contribution >= 0.6 is 11.6 Å². The van der Waals surface area contributed by atoms with Crippen molar-refractivity contribution in [1.29, 1.82) is 0 Å². The Kier molecular flexibility index (Phi) is 9.21. The molecule has 0 aliphatic rings. The monoisotopic (exact) mass is 417 g/mol. The molecule has 0 saturated heterocycles. The van der Waals surface area contributed by atoms with Crippen molar-refractivity contribution in [3.8, 4) is 0 Å². The molecule has 0 unspecified atom stereocenters. The molecule has 0 saturated carbocycles. The molecule has 1 rings (SSSR count). The van der Waals surface area contributed by atoms with E-state index < -0.39 is 10.0 Å². The molecule has 0 aliphatic heterocycles. The van der Waals surface area contributed by atoms with Crippen LogP contribution < -0.4 is 5.32 Å². The average Bonchev–Trinajstić information content (AvgIpc) is 2.53. The Hall–Kier alpha value is -1.15. The predicted molar refractivity (Wildman–Crippen MR) is 112 cm³/mol. The fourth-order valence-electron chi connectivity index (χ4n) is 2.73. The summed E-state index contributed by atoms with van der Waals surface area (Å²) in [4.78, 5) is 14.8. The Morgan fingerprint density at radius 2 is 1.67 bits per heavy atom. The molecule has 8 heteroatoms. The van der Waals surface area contributed by atoms with Crippen LogP contribution in [0.3, 0.4) is 0 Å². The largest absolute Gasteiger partial charge is 0.325 e. The van der Waals surface area contributed by atoms with Gasteiger partial charge in [-0.3, -0.25) is 4.79 Å². The minimum atomic E-state index is -3.59. The highest BCUT2D eigenvalue weighted by Gasteiger charge is 2.19. The smallest absolute Gasteiger partial charge is 0.242 e. The maximum atomic E-state index is 12.4. The van der Waals surface area contributed by atoms with Crippen molar-refractivity contribution >= 4 is 33.2 Å². The summed E-state index contributed by atoms with van der Waals surface area (Å²) in [6.07, 6.45) is 0.320. The molecule has 1 N–H and O–H groups in total. The van der Waals surface area contributed by atoms with Crippen molar-refractivity contribution in [2.45, 2.75) is 39.0 Å². The van der Waals surface area contributed by atoms with Gasteiger partial charge in [0.15, 0.2) is 0 Å². The highest BCUT2D eigenvalue weighted by molar-refractivity contribution is 7.89. The zero-order chi connectivity index (χ0) is 20.8. The summed E-state index contributed by atoms with van der Waals surface area (Å²) in [5.41, 5.74) is 0.309. The van der Waals surface area contributed by atoms with Gasteiger partial charge in [0, 0.05) is 40.2 Å². The van der Waals surface area contributed by atoms with Crippen molar-refractivity contribution < 1.29 is 13.2 Å². The third-order valence-corrected chi connectivity index (χ3v) is 6.03. The number of halogens is 1. The minimum Gasteiger partial charge on any atom is -0.325 e. The molecular formula is C19H32ClN3O3S. The van der Waals surface area contributed by atoms with E-state index in [1.165, 1.54) is 32.3 Å². The van der Waals surface area contributed by atoms with Gasteiger partial charge in [-0.2, -0.15) is 0 Å². The number of carbonyl (C=O) groups is 1. The third kappa shape index (κ3) is 7.78. The van der Waals surface area contributed by atoms with Crippen LogP contribution in [0.25, 0.3) is 0 Å². The van der Waals surface area contributed by atoms with Gasteiger partial charge in [0.25, 0.3) is 0 Å². The molecule has 0 bridgehead atoms. The topological polar surface area (TPSA) is 69.7 Å². The van der Waals surface area contributed by atoms with Crippen LogP contribution in [-0.4, -0.2) is 57.3 Å². The highest BCUT2D eigenvalue weighted by atomic mass is 35.5. The molecule has 1 aromatic rings. The third-order valence-electron chi connectivity index (χ3n) is 3.89. The maximum Gasteiger partial charge on any atom is 0.242 e. The SMILES string of the molecule is CC(C)CN(CCC(=O)Nc1cc(S(=O)(=O)N(C)C)ccc1Cl)CC(C)C. The van der Waals surface area contributed by atoms with Crippen molar-refractivity contribution in [2.24, 2.45) is 11.8 Å². The first-order chi connectivity index (χ1) is 12.4. The van der Waals surface area contributed by atoms with Crippen LogP contribution in [-0.2, 0) is 14.8 Å². The summed E-state index contributed by atoms with van der Waals surface area (Å²) in [6.45, 7) is 11.1. The number of sulfonamides is 1. The molecule has 0 radical (unpaired) electrons. The first-order valence-corrected chi connectivity index (χ1v) is 11.0. The lowest BCUT2D eigenvalue weighted by Crippen LogP contribution is -2.34. The molecule has 6 nitrogen and oxygen atoms in total. The average molecular weight is 418 g/mol. The Morgan fingerprint density at radius 1 is 1.11 bits per heavy atom. The fourth-order valence-corrected chi connectivity index (χ4v) is 3.83. The molecule has 0 fully saturated rings. The second-order valence-corrected chi connectivity index (χ2v) is 10.3. The zero-order valence-corrected chi connectivity index (χ0v) is 18.7. The fraction of sp³-hybridized carbons (Fsp3) is 0.632. The van der Waals surface area contributed by atoms with E-state index in [9.17, 15) is 13.2 Å². The van der Waals surface area contributed by atoms with Gasteiger partial charge in [-0.15, -0.1) is 0 Å². The zero-order valence-electron chi connectivity index (χ0n) is 17.1. The number of amides is 1. The summed E-state index contributed by atoms with van der Waals surface area (Å²) in [6, 6.07) is 4.31. The second kappa shape index (κ2) is 10.4. The molecule has 154 valence electrons. The van der Waals surface area contributed by atoms with Gasteiger partial charge in [-0.1, -0.05) is 39.3 Å². The number of nitrogens with one attached hydrogen (secondary N) is 1. The molecule has 1 amide bonds. The number of nitrogens with zero attached hydrogens (tertiary/aromatic N) is 2. The molecule has 0 spiro atoms. The van der Waals surface area contributed by atoms with Gasteiger partial charge < -0.3 is 10.2 Å². The molecule has 27 heavy (non-hydrogen) atoms. The lowest BCUT2D eigenvalue weighted by Gasteiger charge is -2.25. The maximum absolute atomic E-state index is 12.4. The van der Waals surface area contributed by atoms with Gasteiger partial charge in [-0.05, 0) is 30.0 Å². The van der Waals surface area contributed by atoms with E-state index in [2.05, 4.69) is 37.9 Å². The molecular weight excluding hydrogens is 386 g/mol. The van der Waals surface area contributed by atoms with E-state index in [1.54, 1.807) is 0 Å². The van der Waals surface area contributed by atoms with Gasteiger partial charge in [0.1, 0.15) is 0 Å². The van der Waals surface area contributed by atoms with Gasteiger partial charge >= 0.3 is 0 Å². The quantitative estimate of drug-likeness (QED) is 0.632. The van der Waals surface area contributed by atoms with E-state index in [0.29, 0.717) is 35.5 Å². The molecule has 1 aromatic carbocycles. The summed E-state index contributed by atoms with van der Waals surface area (Å²) in [5.74, 6) is 0.858. The van der Waals surface area contributed by atoms with Crippen molar-refractivity contribution in [3.63, 3.8) is 0 Å². The summed E-state index contributed by atoms with van der Waals surface area (Å²) < 4.78 is 25.7. The number of carbonyl (C=O) groups excluding carboxylic acids is 1. The van der Waals surface area contributed by atoms with Crippen molar-refractivity contribution in [2.75, 3.05) is 39.0 Å². The Labute approximate surface area is 168 Å². The number of rotatable bonds is 10. The van der Waals surface area contributed by atoms with E-state index in [1.807, 2.05) is 0 Å². The van der Waals surface area contributed by atoms with Crippen LogP contribution in [0.5, 0.6) is 0 Å².